The maximum Gasteiger partial charge on any atom is 0.176 e. The fraction of sp³-hybridized carbons (Fsp3) is 0.174. The van der Waals surface area contributed by atoms with Gasteiger partial charge in [0.25, 0.3) is 0 Å². The average Bonchev–Trinajstić information content (AvgIpc) is 3.16. The number of methoxy groups -OCH3 is 1. The largest absolute Gasteiger partial charge is 0.493 e. The molecule has 4 aromatic rings. The van der Waals surface area contributed by atoms with E-state index in [0.29, 0.717) is 17.1 Å². The molecule has 0 bridgehead atoms. The van der Waals surface area contributed by atoms with E-state index in [4.69, 9.17) is 9.15 Å². The van der Waals surface area contributed by atoms with Crippen LogP contribution in [-0.2, 0) is 13.0 Å². The third kappa shape index (κ3) is 4.05. The fourth-order valence-electron chi connectivity index (χ4n) is 3.19. The summed E-state index contributed by atoms with van der Waals surface area (Å²) < 4.78 is 24.7. The number of rotatable bonds is 7. The molecule has 0 radical (unpaired) electrons. The lowest BCUT2D eigenvalue weighted by molar-refractivity contribution is 0.410. The number of fused-ring (bicyclic) bond motifs is 1. The molecule has 2 aromatic carbocycles. The minimum atomic E-state index is -0.267. The molecular formula is C23H21FN2O2. The third-order valence-corrected chi connectivity index (χ3v) is 4.60. The van der Waals surface area contributed by atoms with Crippen LogP contribution in [0.1, 0.15) is 11.3 Å². The van der Waals surface area contributed by atoms with Crippen LogP contribution in [0.4, 0.5) is 4.39 Å². The minimum absolute atomic E-state index is 0.267. The van der Waals surface area contributed by atoms with Crippen molar-refractivity contribution in [1.82, 2.24) is 10.3 Å². The number of furan rings is 1. The lowest BCUT2D eigenvalue weighted by Crippen LogP contribution is -2.17. The third-order valence-electron chi connectivity index (χ3n) is 4.60. The number of benzene rings is 2. The summed E-state index contributed by atoms with van der Waals surface area (Å²) in [6.07, 6.45) is 2.69. The van der Waals surface area contributed by atoms with Gasteiger partial charge >= 0.3 is 0 Å². The number of pyridine rings is 1. The summed E-state index contributed by atoms with van der Waals surface area (Å²) in [5.74, 6) is 1.11. The lowest BCUT2D eigenvalue weighted by Gasteiger charge is -2.07. The Hall–Kier alpha value is -3.18. The maximum absolute atomic E-state index is 13.2. The van der Waals surface area contributed by atoms with Gasteiger partial charge in [0.05, 0.1) is 7.11 Å². The Kier molecular flexibility index (Phi) is 5.35. The van der Waals surface area contributed by atoms with E-state index in [1.165, 1.54) is 12.1 Å². The number of halogens is 1. The van der Waals surface area contributed by atoms with E-state index in [1.54, 1.807) is 19.2 Å². The number of nitrogens with one attached hydrogen (secondary N) is 1. The predicted octanol–water partition coefficient (Wildman–Crippen LogP) is 4.97. The topological polar surface area (TPSA) is 47.3 Å². The van der Waals surface area contributed by atoms with Crippen LogP contribution < -0.4 is 10.1 Å². The van der Waals surface area contributed by atoms with Crippen molar-refractivity contribution in [2.75, 3.05) is 13.7 Å². The van der Waals surface area contributed by atoms with Crippen LogP contribution in [0.25, 0.3) is 22.3 Å². The highest BCUT2D eigenvalue weighted by Crippen LogP contribution is 2.34. The van der Waals surface area contributed by atoms with Gasteiger partial charge in [0.15, 0.2) is 11.3 Å². The van der Waals surface area contributed by atoms with Gasteiger partial charge in [-0.15, -0.1) is 0 Å². The SMILES string of the molecule is COc1cc(CNCCc2ccccn2)cc2cc(-c3ccc(F)cc3)oc12. The van der Waals surface area contributed by atoms with E-state index >= 15 is 0 Å². The van der Waals surface area contributed by atoms with Crippen LogP contribution in [0.3, 0.4) is 0 Å². The van der Waals surface area contributed by atoms with E-state index in [-0.39, 0.29) is 5.82 Å². The van der Waals surface area contributed by atoms with Gasteiger partial charge in [-0.2, -0.15) is 0 Å². The molecule has 4 rings (SSSR count). The van der Waals surface area contributed by atoms with Crippen molar-refractivity contribution in [2.24, 2.45) is 0 Å². The molecule has 0 aliphatic rings. The highest BCUT2D eigenvalue weighted by molar-refractivity contribution is 5.88. The van der Waals surface area contributed by atoms with Crippen LogP contribution in [-0.4, -0.2) is 18.6 Å². The fourth-order valence-corrected chi connectivity index (χ4v) is 3.19. The van der Waals surface area contributed by atoms with Gasteiger partial charge in [-0.3, -0.25) is 4.98 Å². The highest BCUT2D eigenvalue weighted by Gasteiger charge is 2.12. The summed E-state index contributed by atoms with van der Waals surface area (Å²) in [5, 5.41) is 4.40. The summed E-state index contributed by atoms with van der Waals surface area (Å²) in [6.45, 7) is 1.56. The summed E-state index contributed by atoms with van der Waals surface area (Å²) in [5.41, 5.74) is 3.70. The smallest absolute Gasteiger partial charge is 0.176 e. The van der Waals surface area contributed by atoms with E-state index in [0.717, 1.165) is 41.7 Å². The minimum Gasteiger partial charge on any atom is -0.493 e. The first-order valence-electron chi connectivity index (χ1n) is 9.20. The second-order valence-electron chi connectivity index (χ2n) is 6.58. The Balaban J connectivity index is 1.50. The molecule has 28 heavy (non-hydrogen) atoms. The molecule has 0 saturated carbocycles. The van der Waals surface area contributed by atoms with Gasteiger partial charge in [-0.1, -0.05) is 6.07 Å². The van der Waals surface area contributed by atoms with Crippen LogP contribution >= 0.6 is 0 Å². The Bertz CT molecular complexity index is 1060. The van der Waals surface area contributed by atoms with E-state index in [9.17, 15) is 4.39 Å². The molecule has 0 atom stereocenters. The van der Waals surface area contributed by atoms with Gasteiger partial charge in [0.1, 0.15) is 11.6 Å². The molecular weight excluding hydrogens is 355 g/mol. The Morgan fingerprint density at radius 3 is 2.68 bits per heavy atom. The first-order chi connectivity index (χ1) is 13.7. The molecule has 0 spiro atoms. The van der Waals surface area contributed by atoms with E-state index in [1.807, 2.05) is 36.5 Å². The summed E-state index contributed by atoms with van der Waals surface area (Å²) >= 11 is 0. The number of hydrogen-bond acceptors (Lipinski definition) is 4. The predicted molar refractivity (Wildman–Crippen MR) is 108 cm³/mol. The van der Waals surface area contributed by atoms with Crippen molar-refractivity contribution in [3.8, 4) is 17.1 Å². The van der Waals surface area contributed by atoms with Crippen molar-refractivity contribution >= 4 is 11.0 Å². The molecule has 0 unspecified atom stereocenters. The Labute approximate surface area is 163 Å². The molecule has 142 valence electrons. The summed E-state index contributed by atoms with van der Waals surface area (Å²) in [7, 11) is 1.63. The number of aromatic nitrogens is 1. The molecule has 0 saturated heterocycles. The highest BCUT2D eigenvalue weighted by atomic mass is 19.1. The van der Waals surface area contributed by atoms with Crippen molar-refractivity contribution in [3.05, 3.63) is 83.9 Å². The zero-order valence-corrected chi connectivity index (χ0v) is 15.6. The van der Waals surface area contributed by atoms with Gasteiger partial charge in [-0.25, -0.2) is 4.39 Å². The van der Waals surface area contributed by atoms with Crippen LogP contribution in [0.15, 0.2) is 71.3 Å². The molecule has 0 amide bonds. The lowest BCUT2D eigenvalue weighted by atomic mass is 10.1. The molecule has 0 fully saturated rings. The van der Waals surface area contributed by atoms with Crippen molar-refractivity contribution in [1.29, 1.82) is 0 Å². The number of hydrogen-bond donors (Lipinski definition) is 1. The molecule has 2 heterocycles. The zero-order chi connectivity index (χ0) is 19.3. The Morgan fingerprint density at radius 1 is 1.07 bits per heavy atom. The second kappa shape index (κ2) is 8.23. The average molecular weight is 376 g/mol. The van der Waals surface area contributed by atoms with Gasteiger partial charge in [-0.05, 0) is 60.2 Å². The van der Waals surface area contributed by atoms with Crippen molar-refractivity contribution in [2.45, 2.75) is 13.0 Å². The second-order valence-corrected chi connectivity index (χ2v) is 6.58. The standard InChI is InChI=1S/C23H21FN2O2/c1-27-22-13-16(15-25-11-9-20-4-2-3-10-26-20)12-18-14-21(28-23(18)22)17-5-7-19(24)8-6-17/h2-8,10,12-14,25H,9,11,15H2,1H3. The van der Waals surface area contributed by atoms with Crippen molar-refractivity contribution < 1.29 is 13.5 Å². The van der Waals surface area contributed by atoms with E-state index < -0.39 is 0 Å². The molecule has 5 heteroatoms. The van der Waals surface area contributed by atoms with Crippen LogP contribution in [0.2, 0.25) is 0 Å². The molecule has 0 aliphatic carbocycles. The van der Waals surface area contributed by atoms with Crippen molar-refractivity contribution in [3.63, 3.8) is 0 Å². The molecule has 1 N–H and O–H groups in total. The molecule has 2 aromatic heterocycles. The van der Waals surface area contributed by atoms with Crippen LogP contribution in [0, 0.1) is 5.82 Å². The molecule has 4 nitrogen and oxygen atoms in total. The maximum atomic E-state index is 13.2. The Morgan fingerprint density at radius 2 is 1.93 bits per heavy atom. The number of ether oxygens (including phenoxy) is 1. The quantitative estimate of drug-likeness (QED) is 0.463. The first-order valence-corrected chi connectivity index (χ1v) is 9.20. The first kappa shape index (κ1) is 18.2. The molecule has 0 aliphatic heterocycles. The summed E-state index contributed by atoms with van der Waals surface area (Å²) in [6, 6.07) is 18.2. The monoisotopic (exact) mass is 376 g/mol. The zero-order valence-electron chi connectivity index (χ0n) is 15.6. The van der Waals surface area contributed by atoms with Crippen LogP contribution in [0.5, 0.6) is 5.75 Å². The number of nitrogens with zero attached hydrogens (tertiary/aromatic N) is 1. The van der Waals surface area contributed by atoms with E-state index in [2.05, 4.69) is 16.4 Å². The van der Waals surface area contributed by atoms with Gasteiger partial charge in [0.2, 0.25) is 0 Å². The summed E-state index contributed by atoms with van der Waals surface area (Å²) in [4.78, 5) is 4.33. The van der Waals surface area contributed by atoms with Gasteiger partial charge in [0, 0.05) is 42.4 Å². The normalized spacial score (nSPS) is 11.1. The van der Waals surface area contributed by atoms with Gasteiger partial charge < -0.3 is 14.5 Å².